The van der Waals surface area contributed by atoms with Crippen LogP contribution in [0.15, 0.2) is 73.8 Å². The first-order chi connectivity index (χ1) is 21.2. The third kappa shape index (κ3) is 9.08. The molecule has 0 aliphatic rings. The molecule has 0 aliphatic carbocycles. The molecule has 0 bridgehead atoms. The molecule has 45 heavy (non-hydrogen) atoms. The summed E-state index contributed by atoms with van der Waals surface area (Å²) in [4.78, 5) is 4.19. The van der Waals surface area contributed by atoms with Crippen molar-refractivity contribution in [3.63, 3.8) is 0 Å². The van der Waals surface area contributed by atoms with Gasteiger partial charge in [0.2, 0.25) is 0 Å². The van der Waals surface area contributed by atoms with Crippen LogP contribution in [0.25, 0.3) is 17.2 Å². The Labute approximate surface area is 262 Å². The van der Waals surface area contributed by atoms with Gasteiger partial charge in [0.05, 0.1) is 23.3 Å². The number of aromatic nitrogens is 15. The van der Waals surface area contributed by atoms with Gasteiger partial charge in [-0.25, -0.2) is 4.68 Å². The summed E-state index contributed by atoms with van der Waals surface area (Å²) in [5, 5.41) is 41.1. The molecule has 15 nitrogen and oxygen atoms in total. The van der Waals surface area contributed by atoms with Gasteiger partial charge in [-0.3, -0.25) is 4.98 Å². The Bertz CT molecular complexity index is 1640. The van der Waals surface area contributed by atoms with Crippen molar-refractivity contribution in [2.45, 2.75) is 78.6 Å². The Morgan fingerprint density at radius 1 is 0.511 bits per heavy atom. The van der Waals surface area contributed by atoms with Gasteiger partial charge in [0.15, 0.2) is 5.82 Å². The summed E-state index contributed by atoms with van der Waals surface area (Å²) < 4.78 is 4.73. The molecule has 0 saturated carbocycles. The van der Waals surface area contributed by atoms with E-state index >= 15 is 0 Å². The van der Waals surface area contributed by atoms with Gasteiger partial charge in [-0.05, 0) is 83.6 Å². The summed E-state index contributed by atoms with van der Waals surface area (Å²) in [6, 6.07) is 14.1. The molecule has 6 aromatic rings. The number of nitrogens with zero attached hydrogens (tertiary/aromatic N) is 15. The molecule has 6 rings (SSSR count). The van der Waals surface area contributed by atoms with Crippen molar-refractivity contribution >= 4 is 0 Å². The maximum Gasteiger partial charge on any atom is 0.179 e. The molecule has 234 valence electrons. The zero-order valence-electron chi connectivity index (χ0n) is 27.1. The molecule has 1 aromatic carbocycles. The van der Waals surface area contributed by atoms with Crippen molar-refractivity contribution in [2.24, 2.45) is 0 Å². The highest BCUT2D eigenvalue weighted by molar-refractivity contribution is 5.37. The molecule has 0 amide bonds. The van der Waals surface area contributed by atoms with Crippen molar-refractivity contribution in [3.05, 3.63) is 90.7 Å². The third-order valence-corrected chi connectivity index (χ3v) is 6.53. The normalized spacial score (nSPS) is 11.7. The lowest BCUT2D eigenvalue weighted by atomic mass is 9.87. The predicted molar refractivity (Wildman–Crippen MR) is 167 cm³/mol. The van der Waals surface area contributed by atoms with Crippen LogP contribution in [-0.2, 0) is 16.2 Å². The summed E-state index contributed by atoms with van der Waals surface area (Å²) in [5.41, 5.74) is 5.48. The highest BCUT2D eigenvalue weighted by Crippen LogP contribution is 2.24. The first kappa shape index (κ1) is 32.6. The van der Waals surface area contributed by atoms with E-state index in [0.717, 1.165) is 22.6 Å². The average molecular weight is 610 g/mol. The fourth-order valence-corrected chi connectivity index (χ4v) is 3.75. The zero-order chi connectivity index (χ0) is 32.7. The van der Waals surface area contributed by atoms with Crippen LogP contribution in [0.1, 0.15) is 79.1 Å². The van der Waals surface area contributed by atoms with Crippen molar-refractivity contribution in [1.29, 1.82) is 0 Å². The summed E-state index contributed by atoms with van der Waals surface area (Å²) in [5.74, 6) is 0.619. The lowest BCUT2D eigenvalue weighted by Crippen LogP contribution is -2.15. The van der Waals surface area contributed by atoms with Crippen LogP contribution in [-0.4, -0.2) is 75.8 Å². The lowest BCUT2D eigenvalue weighted by molar-refractivity contribution is 0.556. The minimum absolute atomic E-state index is 0.00610. The molecule has 5 heterocycles. The highest BCUT2D eigenvalue weighted by Gasteiger charge is 2.17. The molecule has 0 saturated heterocycles. The van der Waals surface area contributed by atoms with Crippen molar-refractivity contribution in [2.75, 3.05) is 0 Å². The average Bonchev–Trinajstić information content (AvgIpc) is 3.81. The van der Waals surface area contributed by atoms with Gasteiger partial charge in [0.1, 0.15) is 19.0 Å². The maximum atomic E-state index is 4.19. The van der Waals surface area contributed by atoms with Gasteiger partial charge in [-0.1, -0.05) is 74.4 Å². The van der Waals surface area contributed by atoms with Crippen molar-refractivity contribution in [3.8, 4) is 17.2 Å². The molecule has 0 N–H and O–H groups in total. The van der Waals surface area contributed by atoms with Crippen LogP contribution in [0.5, 0.6) is 0 Å². The third-order valence-electron chi connectivity index (χ3n) is 6.53. The van der Waals surface area contributed by atoms with E-state index in [9.17, 15) is 0 Å². The summed E-state index contributed by atoms with van der Waals surface area (Å²) in [6.45, 7) is 19.3. The fourth-order valence-electron chi connectivity index (χ4n) is 3.75. The molecule has 0 aliphatic heterocycles. The van der Waals surface area contributed by atoms with E-state index in [2.05, 4.69) is 136 Å². The predicted octanol–water partition coefficient (Wildman–Crippen LogP) is 4.06. The quantitative estimate of drug-likeness (QED) is 0.282. The van der Waals surface area contributed by atoms with Gasteiger partial charge in [0.25, 0.3) is 0 Å². The van der Waals surface area contributed by atoms with Crippen LogP contribution in [0, 0.1) is 0 Å². The van der Waals surface area contributed by atoms with Gasteiger partial charge in [0, 0.05) is 11.6 Å². The lowest BCUT2D eigenvalue weighted by Gasteiger charge is -2.19. The van der Waals surface area contributed by atoms with E-state index in [4.69, 9.17) is 0 Å². The number of hydrogen-bond acceptors (Lipinski definition) is 12. The number of tetrazole rings is 3. The molecule has 0 atom stereocenters. The van der Waals surface area contributed by atoms with Crippen LogP contribution in [0.3, 0.4) is 0 Å². The largest absolute Gasteiger partial charge is 0.262 e. The molecular formula is C30H39N15. The first-order valence-electron chi connectivity index (χ1n) is 14.3. The van der Waals surface area contributed by atoms with E-state index in [1.807, 2.05) is 36.5 Å². The van der Waals surface area contributed by atoms with Crippen molar-refractivity contribution in [1.82, 2.24) is 75.8 Å². The van der Waals surface area contributed by atoms with Gasteiger partial charge < -0.3 is 0 Å². The monoisotopic (exact) mass is 609 g/mol. The molecule has 0 spiro atoms. The van der Waals surface area contributed by atoms with Gasteiger partial charge >= 0.3 is 0 Å². The van der Waals surface area contributed by atoms with Crippen LogP contribution in [0.2, 0.25) is 0 Å². The summed E-state index contributed by atoms with van der Waals surface area (Å²) in [6.07, 6.45) is 8.26. The SMILES string of the molecule is CC(C)(C)c1ccc(-n2cnnn2)nn1.CC(C)(C)c1cccc(-n2cnnn2)c1.CC(C)(C)c1cncc(-n2cnnn2)c1. The second-order valence-electron chi connectivity index (χ2n) is 13.3. The Balaban J connectivity index is 0.000000154. The van der Waals surface area contributed by atoms with E-state index in [1.54, 1.807) is 28.2 Å². The molecule has 0 radical (unpaired) electrons. The Kier molecular flexibility index (Phi) is 9.79. The van der Waals surface area contributed by atoms with Gasteiger partial charge in [-0.15, -0.1) is 20.4 Å². The van der Waals surface area contributed by atoms with E-state index < -0.39 is 0 Å². The van der Waals surface area contributed by atoms with Crippen LogP contribution in [0.4, 0.5) is 0 Å². The van der Waals surface area contributed by atoms with E-state index in [-0.39, 0.29) is 16.2 Å². The molecule has 5 aromatic heterocycles. The van der Waals surface area contributed by atoms with E-state index in [0.29, 0.717) is 5.82 Å². The van der Waals surface area contributed by atoms with Gasteiger partial charge in [-0.2, -0.15) is 14.5 Å². The summed E-state index contributed by atoms with van der Waals surface area (Å²) in [7, 11) is 0. The number of benzene rings is 1. The van der Waals surface area contributed by atoms with Crippen LogP contribution < -0.4 is 0 Å². The second kappa shape index (κ2) is 13.5. The number of pyridine rings is 1. The Morgan fingerprint density at radius 2 is 1.07 bits per heavy atom. The maximum absolute atomic E-state index is 4.19. The first-order valence-corrected chi connectivity index (χ1v) is 14.3. The smallest absolute Gasteiger partial charge is 0.179 e. The summed E-state index contributed by atoms with van der Waals surface area (Å²) >= 11 is 0. The highest BCUT2D eigenvalue weighted by atomic mass is 15.5. The number of hydrogen-bond donors (Lipinski definition) is 0. The standard InChI is InChI=1S/C11H14N4.C10H13N5.C9H12N6/c1-11(2,3)9-5-4-6-10(7-9)15-8-12-13-14-15;1-10(2,3)8-4-9(6-11-5-8)15-7-12-13-14-15;1-9(2,3)7-4-5-8(12-11-7)15-6-10-13-14-15/h4-8H,1-3H3;4-7H,1-3H3;4-6H,1-3H3. The molecule has 0 unspecified atom stereocenters. The zero-order valence-corrected chi connectivity index (χ0v) is 27.1. The Morgan fingerprint density at radius 3 is 1.56 bits per heavy atom. The van der Waals surface area contributed by atoms with E-state index in [1.165, 1.54) is 16.6 Å². The van der Waals surface area contributed by atoms with Crippen molar-refractivity contribution < 1.29 is 0 Å². The second-order valence-corrected chi connectivity index (χ2v) is 13.3. The minimum atomic E-state index is 0.00610. The molecular weight excluding hydrogens is 570 g/mol. The number of rotatable bonds is 3. The fraction of sp³-hybridized carbons (Fsp3) is 0.400. The topological polar surface area (TPSA) is 169 Å². The molecule has 0 fully saturated rings. The Hall–Kier alpha value is -5.34. The molecule has 15 heteroatoms. The van der Waals surface area contributed by atoms with Crippen LogP contribution >= 0.6 is 0 Å². The minimum Gasteiger partial charge on any atom is -0.262 e.